The number of nitrogens with one attached hydrogen (secondary N) is 1. The summed E-state index contributed by atoms with van der Waals surface area (Å²) in [6.45, 7) is 2.62. The van der Waals surface area contributed by atoms with Crippen molar-refractivity contribution in [3.05, 3.63) is 35.2 Å². The highest BCUT2D eigenvalue weighted by molar-refractivity contribution is 5.91. The topological polar surface area (TPSA) is 86.1 Å². The highest BCUT2D eigenvalue weighted by Crippen LogP contribution is 2.39. The minimum Gasteiger partial charge on any atom is -0.493 e. The molecule has 1 amide bonds. The van der Waals surface area contributed by atoms with Crippen molar-refractivity contribution >= 4 is 5.91 Å². The standard InChI is InChI=1S/C25H35N3O5/c1-30-21-12-17(13-22(31-2)24(21)32-3)15-28-11-7-8-18(16-28)20-14-23(33-27-20)25(29)26-19-9-5-4-6-10-19/h12-14,18-19H,4-11,15-16H2,1-3H3,(H,26,29)/t18-/m0/s1. The molecule has 1 aromatic heterocycles. The van der Waals surface area contributed by atoms with Gasteiger partial charge in [-0.05, 0) is 49.9 Å². The number of amides is 1. The number of rotatable bonds is 8. The van der Waals surface area contributed by atoms with Crippen LogP contribution in [0.2, 0.25) is 0 Å². The summed E-state index contributed by atoms with van der Waals surface area (Å²) in [7, 11) is 4.87. The van der Waals surface area contributed by atoms with E-state index >= 15 is 0 Å². The van der Waals surface area contributed by atoms with Gasteiger partial charge >= 0.3 is 0 Å². The molecule has 1 saturated heterocycles. The van der Waals surface area contributed by atoms with Gasteiger partial charge in [-0.1, -0.05) is 24.4 Å². The highest BCUT2D eigenvalue weighted by Gasteiger charge is 2.27. The van der Waals surface area contributed by atoms with Crippen LogP contribution in [0.1, 0.15) is 72.7 Å². The van der Waals surface area contributed by atoms with Gasteiger partial charge in [0, 0.05) is 31.1 Å². The maximum atomic E-state index is 12.6. The lowest BCUT2D eigenvalue weighted by atomic mass is 9.94. The highest BCUT2D eigenvalue weighted by atomic mass is 16.5. The predicted molar refractivity (Wildman–Crippen MR) is 124 cm³/mol. The molecule has 1 atom stereocenters. The van der Waals surface area contributed by atoms with Crippen LogP contribution in [0.3, 0.4) is 0 Å². The van der Waals surface area contributed by atoms with Crippen molar-refractivity contribution in [2.24, 2.45) is 0 Å². The van der Waals surface area contributed by atoms with Crippen molar-refractivity contribution in [2.45, 2.75) is 63.5 Å². The Balaban J connectivity index is 1.39. The van der Waals surface area contributed by atoms with Crippen molar-refractivity contribution in [1.82, 2.24) is 15.4 Å². The lowest BCUT2D eigenvalue weighted by Gasteiger charge is -2.32. The Morgan fingerprint density at radius 1 is 1.03 bits per heavy atom. The van der Waals surface area contributed by atoms with Gasteiger partial charge < -0.3 is 24.1 Å². The number of aromatic nitrogens is 1. The number of hydrogen-bond acceptors (Lipinski definition) is 7. The summed E-state index contributed by atoms with van der Waals surface area (Å²) in [6.07, 6.45) is 7.80. The van der Waals surface area contributed by atoms with E-state index in [9.17, 15) is 4.79 Å². The second-order valence-corrected chi connectivity index (χ2v) is 9.03. The average molecular weight is 458 g/mol. The fourth-order valence-corrected chi connectivity index (χ4v) is 5.02. The molecule has 8 heteroatoms. The minimum atomic E-state index is -0.147. The molecule has 1 aromatic carbocycles. The van der Waals surface area contributed by atoms with Crippen LogP contribution < -0.4 is 19.5 Å². The molecule has 2 aliphatic rings. The van der Waals surface area contributed by atoms with E-state index in [0.717, 1.165) is 56.6 Å². The number of carbonyl (C=O) groups excluding carboxylic acids is 1. The molecule has 2 aromatic rings. The molecule has 0 radical (unpaired) electrons. The smallest absolute Gasteiger partial charge is 0.290 e. The van der Waals surface area contributed by atoms with Crippen LogP contribution in [-0.2, 0) is 6.54 Å². The van der Waals surface area contributed by atoms with Crippen LogP contribution in [0, 0.1) is 0 Å². The zero-order valence-corrected chi connectivity index (χ0v) is 19.9. The van der Waals surface area contributed by atoms with E-state index in [1.807, 2.05) is 18.2 Å². The third-order valence-corrected chi connectivity index (χ3v) is 6.75. The molecule has 2 fully saturated rings. The second kappa shape index (κ2) is 10.9. The number of likely N-dealkylation sites (tertiary alicyclic amines) is 1. The Labute approximate surface area is 195 Å². The van der Waals surface area contributed by atoms with Crippen LogP contribution in [0.4, 0.5) is 0 Å². The Bertz CT molecular complexity index is 913. The molecule has 4 rings (SSSR count). The molecule has 0 spiro atoms. The third-order valence-electron chi connectivity index (χ3n) is 6.75. The van der Waals surface area contributed by atoms with Crippen molar-refractivity contribution in [3.8, 4) is 17.2 Å². The van der Waals surface area contributed by atoms with Gasteiger partial charge in [-0.2, -0.15) is 0 Å². The predicted octanol–water partition coefficient (Wildman–Crippen LogP) is 4.14. The molecule has 180 valence electrons. The zero-order valence-electron chi connectivity index (χ0n) is 19.9. The number of piperidine rings is 1. The van der Waals surface area contributed by atoms with Crippen LogP contribution in [0.15, 0.2) is 22.7 Å². The zero-order chi connectivity index (χ0) is 23.2. The van der Waals surface area contributed by atoms with E-state index in [1.54, 1.807) is 21.3 Å². The van der Waals surface area contributed by atoms with Crippen molar-refractivity contribution in [3.63, 3.8) is 0 Å². The first-order valence-electron chi connectivity index (χ1n) is 11.9. The van der Waals surface area contributed by atoms with Gasteiger partial charge in [-0.25, -0.2) is 0 Å². The number of nitrogens with zero attached hydrogens (tertiary/aromatic N) is 2. The van der Waals surface area contributed by atoms with Gasteiger partial charge in [0.05, 0.1) is 27.0 Å². The Kier molecular flexibility index (Phi) is 7.75. The Morgan fingerprint density at radius 3 is 2.42 bits per heavy atom. The first-order valence-corrected chi connectivity index (χ1v) is 11.9. The van der Waals surface area contributed by atoms with Crippen LogP contribution in [0.5, 0.6) is 17.2 Å². The Morgan fingerprint density at radius 2 is 1.76 bits per heavy atom. The van der Waals surface area contributed by atoms with E-state index in [1.165, 1.54) is 19.3 Å². The first kappa shape index (κ1) is 23.4. The van der Waals surface area contributed by atoms with Crippen LogP contribution in [-0.4, -0.2) is 56.4 Å². The van der Waals surface area contributed by atoms with Crippen molar-refractivity contribution in [1.29, 1.82) is 0 Å². The normalized spacial score (nSPS) is 19.8. The summed E-state index contributed by atoms with van der Waals surface area (Å²) >= 11 is 0. The Hall–Kier alpha value is -2.74. The molecule has 1 aliphatic carbocycles. The largest absolute Gasteiger partial charge is 0.493 e. The van der Waals surface area contributed by atoms with E-state index in [4.69, 9.17) is 18.7 Å². The number of benzene rings is 1. The molecule has 33 heavy (non-hydrogen) atoms. The maximum absolute atomic E-state index is 12.6. The second-order valence-electron chi connectivity index (χ2n) is 9.03. The minimum absolute atomic E-state index is 0.147. The molecule has 8 nitrogen and oxygen atoms in total. The van der Waals surface area contributed by atoms with Gasteiger partial charge in [-0.15, -0.1) is 0 Å². The summed E-state index contributed by atoms with van der Waals surface area (Å²) in [5, 5.41) is 7.36. The molecule has 0 unspecified atom stereocenters. The molecule has 0 bridgehead atoms. The number of carbonyl (C=O) groups is 1. The molecular formula is C25H35N3O5. The van der Waals surface area contributed by atoms with Gasteiger partial charge in [-0.3, -0.25) is 9.69 Å². The monoisotopic (exact) mass is 457 g/mol. The third kappa shape index (κ3) is 5.61. The van der Waals surface area contributed by atoms with E-state index in [-0.39, 0.29) is 17.9 Å². The van der Waals surface area contributed by atoms with Crippen LogP contribution >= 0.6 is 0 Å². The summed E-state index contributed by atoms with van der Waals surface area (Å²) in [4.78, 5) is 15.0. The summed E-state index contributed by atoms with van der Waals surface area (Å²) in [5.74, 6) is 2.32. The molecular weight excluding hydrogens is 422 g/mol. The quantitative estimate of drug-likeness (QED) is 0.637. The van der Waals surface area contributed by atoms with Crippen molar-refractivity contribution in [2.75, 3.05) is 34.4 Å². The molecule has 1 N–H and O–H groups in total. The lowest BCUT2D eigenvalue weighted by molar-refractivity contribution is 0.0890. The fraction of sp³-hybridized carbons (Fsp3) is 0.600. The SMILES string of the molecule is COc1cc(CN2CCC[C@H](c3cc(C(=O)NC4CCCCC4)on3)C2)cc(OC)c1OC. The number of ether oxygens (including phenoxy) is 3. The first-order chi connectivity index (χ1) is 16.1. The lowest BCUT2D eigenvalue weighted by Crippen LogP contribution is -2.36. The molecule has 1 aliphatic heterocycles. The summed E-state index contributed by atoms with van der Waals surface area (Å²) in [5.41, 5.74) is 1.95. The number of methoxy groups -OCH3 is 3. The van der Waals surface area contributed by atoms with E-state index < -0.39 is 0 Å². The molecule has 1 saturated carbocycles. The maximum Gasteiger partial charge on any atom is 0.290 e. The average Bonchev–Trinajstić information content (AvgIpc) is 3.35. The molecule has 2 heterocycles. The van der Waals surface area contributed by atoms with E-state index in [2.05, 4.69) is 15.4 Å². The van der Waals surface area contributed by atoms with E-state index in [0.29, 0.717) is 23.0 Å². The van der Waals surface area contributed by atoms with Gasteiger partial charge in [0.25, 0.3) is 5.91 Å². The van der Waals surface area contributed by atoms with Gasteiger partial charge in [0.15, 0.2) is 11.5 Å². The van der Waals surface area contributed by atoms with Gasteiger partial charge in [0.1, 0.15) is 0 Å². The summed E-state index contributed by atoms with van der Waals surface area (Å²) in [6, 6.07) is 6.07. The van der Waals surface area contributed by atoms with Crippen LogP contribution in [0.25, 0.3) is 0 Å². The fourth-order valence-electron chi connectivity index (χ4n) is 5.02. The summed E-state index contributed by atoms with van der Waals surface area (Å²) < 4.78 is 21.9. The van der Waals surface area contributed by atoms with Gasteiger partial charge in [0.2, 0.25) is 11.5 Å². The number of hydrogen-bond donors (Lipinski definition) is 1. The van der Waals surface area contributed by atoms with Crippen molar-refractivity contribution < 1.29 is 23.5 Å².